The van der Waals surface area contributed by atoms with Crippen LogP contribution in [0.1, 0.15) is 0 Å². The number of nitrogens with zero attached hydrogens (tertiary/aromatic N) is 1. The quantitative estimate of drug-likeness (QED) is 0.448. The monoisotopic (exact) mass is 144 g/mol. The van der Waals surface area contributed by atoms with Crippen LogP contribution in [-0.4, -0.2) is 24.0 Å². The standard InChI is InChI=1S/C3H7Cl2N.H3N/c1-6(2)3(4)5;/h3H,1-2H3;1H3. The Kier molecular flexibility index (Phi) is 6.96. The third-order valence-electron chi connectivity index (χ3n) is 0.390. The minimum absolute atomic E-state index is 0. The third kappa shape index (κ3) is 6.50. The number of halogens is 2. The lowest BCUT2D eigenvalue weighted by Crippen LogP contribution is -2.15. The first kappa shape index (κ1) is 10.5. The second kappa shape index (κ2) is 4.65. The van der Waals surface area contributed by atoms with E-state index in [4.69, 9.17) is 23.2 Å². The van der Waals surface area contributed by atoms with E-state index in [0.29, 0.717) is 0 Å². The van der Waals surface area contributed by atoms with Gasteiger partial charge < -0.3 is 6.15 Å². The summed E-state index contributed by atoms with van der Waals surface area (Å²) in [4.78, 5) is 1.33. The average molecular weight is 145 g/mol. The molecular formula is C3H10Cl2N2. The van der Waals surface area contributed by atoms with E-state index in [-0.39, 0.29) is 11.1 Å². The number of rotatable bonds is 1. The summed E-state index contributed by atoms with van der Waals surface area (Å²) in [6.07, 6.45) is 0. The highest BCUT2D eigenvalue weighted by Crippen LogP contribution is 2.01. The molecule has 0 spiro atoms. The second-order valence-corrected chi connectivity index (χ2v) is 2.29. The highest BCUT2D eigenvalue weighted by atomic mass is 35.5. The van der Waals surface area contributed by atoms with Crippen LogP contribution in [0.2, 0.25) is 0 Å². The SMILES string of the molecule is CN(C)C(Cl)Cl.N. The van der Waals surface area contributed by atoms with Crippen LogP contribution in [0, 0.1) is 0 Å². The fourth-order valence-corrected chi connectivity index (χ4v) is 0. The maximum absolute atomic E-state index is 5.30. The summed E-state index contributed by atoms with van der Waals surface area (Å²) < 4.78 is 0. The molecule has 0 aromatic heterocycles. The maximum atomic E-state index is 5.30. The first-order valence-corrected chi connectivity index (χ1v) is 2.46. The van der Waals surface area contributed by atoms with Crippen molar-refractivity contribution < 1.29 is 0 Å². The molecule has 0 aromatic rings. The Bertz CT molecular complexity index is 31.9. The van der Waals surface area contributed by atoms with Gasteiger partial charge in [0.15, 0.2) is 4.96 Å². The Morgan fingerprint density at radius 2 is 1.43 bits per heavy atom. The van der Waals surface area contributed by atoms with E-state index >= 15 is 0 Å². The molecule has 0 aliphatic carbocycles. The second-order valence-electron chi connectivity index (χ2n) is 1.24. The molecule has 4 heteroatoms. The molecule has 0 aliphatic heterocycles. The minimum atomic E-state index is -0.370. The highest BCUT2D eigenvalue weighted by molar-refractivity contribution is 6.43. The molecule has 0 aromatic carbocycles. The van der Waals surface area contributed by atoms with Gasteiger partial charge in [0.05, 0.1) is 0 Å². The van der Waals surface area contributed by atoms with Gasteiger partial charge in [-0.3, -0.25) is 4.90 Å². The Labute approximate surface area is 54.0 Å². The van der Waals surface area contributed by atoms with Gasteiger partial charge in [-0.2, -0.15) is 0 Å². The van der Waals surface area contributed by atoms with Crippen LogP contribution in [0.15, 0.2) is 0 Å². The smallest absolute Gasteiger partial charge is 0.160 e. The molecule has 0 radical (unpaired) electrons. The molecule has 0 rings (SSSR count). The molecule has 0 saturated carbocycles. The van der Waals surface area contributed by atoms with Crippen LogP contribution < -0.4 is 6.15 Å². The molecule has 0 atom stereocenters. The summed E-state index contributed by atoms with van der Waals surface area (Å²) in [7, 11) is 3.62. The van der Waals surface area contributed by atoms with Crippen LogP contribution in [-0.2, 0) is 0 Å². The molecule has 0 amide bonds. The predicted octanol–water partition coefficient (Wildman–Crippen LogP) is 1.47. The topological polar surface area (TPSA) is 38.2 Å². The molecule has 0 heterocycles. The predicted molar refractivity (Wildman–Crippen MR) is 34.2 cm³/mol. The number of hydrogen-bond acceptors (Lipinski definition) is 2. The third-order valence-corrected chi connectivity index (χ3v) is 1.17. The largest absolute Gasteiger partial charge is 0.344 e. The zero-order valence-electron chi connectivity index (χ0n) is 4.49. The highest BCUT2D eigenvalue weighted by Gasteiger charge is 1.96. The molecule has 2 nitrogen and oxygen atoms in total. The number of hydrogen-bond donors (Lipinski definition) is 1. The van der Waals surface area contributed by atoms with Gasteiger partial charge in [-0.05, 0) is 14.1 Å². The zero-order chi connectivity index (χ0) is 5.15. The molecule has 0 unspecified atom stereocenters. The van der Waals surface area contributed by atoms with Crippen molar-refractivity contribution in [2.45, 2.75) is 4.96 Å². The lowest BCUT2D eigenvalue weighted by molar-refractivity contribution is 0.449. The summed E-state index contributed by atoms with van der Waals surface area (Å²) in [6.45, 7) is 0. The van der Waals surface area contributed by atoms with Crippen molar-refractivity contribution in [2.24, 2.45) is 0 Å². The Hall–Kier alpha value is 0.500. The van der Waals surface area contributed by atoms with Crippen molar-refractivity contribution in [3.8, 4) is 0 Å². The van der Waals surface area contributed by atoms with Gasteiger partial charge in [-0.25, -0.2) is 0 Å². The maximum Gasteiger partial charge on any atom is 0.160 e. The van der Waals surface area contributed by atoms with Crippen molar-refractivity contribution in [2.75, 3.05) is 14.1 Å². The van der Waals surface area contributed by atoms with Crippen LogP contribution >= 0.6 is 23.2 Å². The van der Waals surface area contributed by atoms with Crippen LogP contribution in [0.3, 0.4) is 0 Å². The first-order valence-electron chi connectivity index (χ1n) is 1.59. The van der Waals surface area contributed by atoms with Gasteiger partial charge in [-0.15, -0.1) is 0 Å². The normalized spacial score (nSPS) is 9.43. The van der Waals surface area contributed by atoms with Crippen LogP contribution in [0.4, 0.5) is 0 Å². The van der Waals surface area contributed by atoms with Crippen molar-refractivity contribution in [3.63, 3.8) is 0 Å². The molecule has 0 fully saturated rings. The lowest BCUT2D eigenvalue weighted by atomic mass is 11.0. The van der Waals surface area contributed by atoms with Crippen molar-refractivity contribution in [3.05, 3.63) is 0 Å². The summed E-state index contributed by atoms with van der Waals surface area (Å²) in [5, 5.41) is 0. The van der Waals surface area contributed by atoms with Crippen molar-refractivity contribution in [1.29, 1.82) is 0 Å². The molecule has 0 aliphatic rings. The summed E-state index contributed by atoms with van der Waals surface area (Å²) in [5.74, 6) is 0. The van der Waals surface area contributed by atoms with E-state index in [2.05, 4.69) is 0 Å². The fraction of sp³-hybridized carbons (Fsp3) is 1.00. The van der Waals surface area contributed by atoms with E-state index < -0.39 is 0 Å². The lowest BCUT2D eigenvalue weighted by Gasteiger charge is -2.07. The molecule has 0 bridgehead atoms. The minimum Gasteiger partial charge on any atom is -0.344 e. The summed E-state index contributed by atoms with van der Waals surface area (Å²) in [6, 6.07) is 0. The van der Waals surface area contributed by atoms with Gasteiger partial charge in [0.1, 0.15) is 0 Å². The van der Waals surface area contributed by atoms with E-state index in [1.165, 1.54) is 0 Å². The molecule has 3 N–H and O–H groups in total. The average Bonchev–Trinajstić information content (AvgIpc) is 1.36. The van der Waals surface area contributed by atoms with E-state index in [1.807, 2.05) is 14.1 Å². The van der Waals surface area contributed by atoms with E-state index in [0.717, 1.165) is 0 Å². The van der Waals surface area contributed by atoms with Crippen molar-refractivity contribution in [1.82, 2.24) is 11.1 Å². The fourth-order valence-electron chi connectivity index (χ4n) is 0. The first-order chi connectivity index (χ1) is 2.64. The molecule has 7 heavy (non-hydrogen) atoms. The van der Waals surface area contributed by atoms with E-state index in [1.54, 1.807) is 4.90 Å². The van der Waals surface area contributed by atoms with Crippen LogP contribution in [0.5, 0.6) is 0 Å². The van der Waals surface area contributed by atoms with Gasteiger partial charge in [0, 0.05) is 0 Å². The van der Waals surface area contributed by atoms with Gasteiger partial charge in [0.25, 0.3) is 0 Å². The van der Waals surface area contributed by atoms with Gasteiger partial charge >= 0.3 is 0 Å². The summed E-state index contributed by atoms with van der Waals surface area (Å²) >= 11 is 10.6. The van der Waals surface area contributed by atoms with Gasteiger partial charge in [0.2, 0.25) is 0 Å². The summed E-state index contributed by atoms with van der Waals surface area (Å²) in [5.41, 5.74) is 0. The molecule has 46 valence electrons. The Balaban J connectivity index is 0. The Morgan fingerprint density at radius 3 is 1.43 bits per heavy atom. The zero-order valence-corrected chi connectivity index (χ0v) is 6.00. The Morgan fingerprint density at radius 1 is 1.29 bits per heavy atom. The van der Waals surface area contributed by atoms with E-state index in [9.17, 15) is 0 Å². The molecule has 0 saturated heterocycles. The van der Waals surface area contributed by atoms with Gasteiger partial charge in [-0.1, -0.05) is 23.2 Å². The molecular weight excluding hydrogens is 135 g/mol. The van der Waals surface area contributed by atoms with Crippen molar-refractivity contribution >= 4 is 23.2 Å². The number of alkyl halides is 2. The van der Waals surface area contributed by atoms with Crippen LogP contribution in [0.25, 0.3) is 0 Å².